The van der Waals surface area contributed by atoms with Crippen molar-refractivity contribution >= 4 is 17.7 Å². The minimum absolute atomic E-state index is 0.102. The number of aromatic nitrogens is 2. The van der Waals surface area contributed by atoms with Gasteiger partial charge in [0.15, 0.2) is 11.8 Å². The molecule has 5 N–H and O–H groups in total. The summed E-state index contributed by atoms with van der Waals surface area (Å²) in [6, 6.07) is 6.42. The molecule has 0 radical (unpaired) electrons. The highest BCUT2D eigenvalue weighted by Gasteiger charge is 2.06. The second kappa shape index (κ2) is 5.13. The molecule has 0 amide bonds. The summed E-state index contributed by atoms with van der Waals surface area (Å²) in [5.41, 5.74) is 11.8. The summed E-state index contributed by atoms with van der Waals surface area (Å²) < 4.78 is 0. The maximum Gasteiger partial charge on any atom is 0.335 e. The monoisotopic (exact) mass is 257 g/mol. The molecule has 0 spiro atoms. The topological polar surface area (TPSA) is 127 Å². The van der Waals surface area contributed by atoms with Gasteiger partial charge in [0.05, 0.1) is 23.7 Å². The molecule has 0 aliphatic heterocycles. The molecule has 0 atom stereocenters. The van der Waals surface area contributed by atoms with Gasteiger partial charge in [-0.3, -0.25) is 4.98 Å². The Hall–Kier alpha value is -2.96. The van der Waals surface area contributed by atoms with Gasteiger partial charge in [-0.15, -0.1) is 0 Å². The van der Waals surface area contributed by atoms with Crippen LogP contribution < -0.4 is 11.5 Å². The van der Waals surface area contributed by atoms with Gasteiger partial charge in [0.2, 0.25) is 0 Å². The van der Waals surface area contributed by atoms with Crippen molar-refractivity contribution < 1.29 is 9.90 Å². The summed E-state index contributed by atoms with van der Waals surface area (Å²) in [5, 5.41) is 8.92. The van der Waals surface area contributed by atoms with Gasteiger partial charge in [0.25, 0.3) is 0 Å². The molecule has 0 unspecified atom stereocenters. The zero-order chi connectivity index (χ0) is 13.8. The molecule has 0 saturated heterocycles. The van der Waals surface area contributed by atoms with Crippen molar-refractivity contribution in [2.24, 2.45) is 16.5 Å². The predicted octanol–water partition coefficient (Wildman–Crippen LogP) is 0.747. The van der Waals surface area contributed by atoms with E-state index in [9.17, 15) is 4.79 Å². The number of benzene rings is 1. The summed E-state index contributed by atoms with van der Waals surface area (Å²) in [6.45, 7) is 0. The van der Waals surface area contributed by atoms with Gasteiger partial charge in [-0.25, -0.2) is 9.78 Å². The van der Waals surface area contributed by atoms with Crippen molar-refractivity contribution in [3.63, 3.8) is 0 Å². The quantitative estimate of drug-likeness (QED) is 0.549. The average Bonchev–Trinajstić information content (AvgIpc) is 2.39. The number of hydrogen-bond acceptors (Lipinski definition) is 4. The van der Waals surface area contributed by atoms with E-state index >= 15 is 0 Å². The minimum atomic E-state index is -0.994. The number of nitrogens with zero attached hydrogens (tertiary/aromatic N) is 3. The fourth-order valence-corrected chi connectivity index (χ4v) is 1.47. The zero-order valence-electron chi connectivity index (χ0n) is 9.82. The number of carbonyl (C=O) groups is 1. The van der Waals surface area contributed by atoms with Crippen LogP contribution in [0.1, 0.15) is 10.4 Å². The van der Waals surface area contributed by atoms with Gasteiger partial charge in [-0.1, -0.05) is 12.1 Å². The van der Waals surface area contributed by atoms with Crippen LogP contribution in [0.15, 0.2) is 41.7 Å². The van der Waals surface area contributed by atoms with E-state index < -0.39 is 5.97 Å². The molecule has 0 aliphatic carbocycles. The lowest BCUT2D eigenvalue weighted by atomic mass is 10.1. The van der Waals surface area contributed by atoms with Crippen molar-refractivity contribution in [1.82, 2.24) is 9.97 Å². The standard InChI is InChI=1S/C12H11N5O2/c13-12(14)17-10-6-15-9(5-16-10)7-2-1-3-8(4-7)11(18)19/h1-6H,(H,18,19)(H4,13,14,16,17). The number of hydrogen-bond donors (Lipinski definition) is 3. The summed E-state index contributed by atoms with van der Waals surface area (Å²) in [5.74, 6) is -0.806. The first kappa shape index (κ1) is 12.5. The number of aliphatic imine (C=N–C) groups is 1. The van der Waals surface area contributed by atoms with Crippen LogP contribution in [-0.4, -0.2) is 27.0 Å². The fourth-order valence-electron chi connectivity index (χ4n) is 1.47. The van der Waals surface area contributed by atoms with Gasteiger partial charge in [-0.2, -0.15) is 4.99 Å². The van der Waals surface area contributed by atoms with E-state index in [0.29, 0.717) is 11.3 Å². The Morgan fingerprint density at radius 1 is 1.21 bits per heavy atom. The summed E-state index contributed by atoms with van der Waals surface area (Å²) in [4.78, 5) is 22.8. The molecule has 7 heteroatoms. The largest absolute Gasteiger partial charge is 0.478 e. The summed E-state index contributed by atoms with van der Waals surface area (Å²) >= 11 is 0. The van der Waals surface area contributed by atoms with E-state index in [4.69, 9.17) is 16.6 Å². The molecule has 1 aromatic carbocycles. The highest BCUT2D eigenvalue weighted by molar-refractivity contribution is 5.89. The third-order valence-electron chi connectivity index (χ3n) is 2.29. The maximum atomic E-state index is 10.9. The van der Waals surface area contributed by atoms with Gasteiger partial charge in [0.1, 0.15) is 0 Å². The molecule has 2 aromatic rings. The first-order chi connectivity index (χ1) is 9.06. The second-order valence-electron chi connectivity index (χ2n) is 3.68. The lowest BCUT2D eigenvalue weighted by molar-refractivity contribution is 0.0697. The number of rotatable bonds is 3. The minimum Gasteiger partial charge on any atom is -0.478 e. The van der Waals surface area contributed by atoms with E-state index in [1.807, 2.05) is 0 Å². The highest BCUT2D eigenvalue weighted by atomic mass is 16.4. The number of nitrogens with two attached hydrogens (primary N) is 2. The summed E-state index contributed by atoms with van der Waals surface area (Å²) in [6.07, 6.45) is 2.88. The molecule has 0 saturated carbocycles. The number of aromatic carboxylic acids is 1. The van der Waals surface area contributed by atoms with Crippen molar-refractivity contribution in [2.75, 3.05) is 0 Å². The average molecular weight is 257 g/mol. The Labute approximate surface area is 108 Å². The molecule has 0 aliphatic rings. The van der Waals surface area contributed by atoms with Crippen LogP contribution in [-0.2, 0) is 0 Å². The lowest BCUT2D eigenvalue weighted by Gasteiger charge is -2.02. The van der Waals surface area contributed by atoms with Crippen LogP contribution in [0.3, 0.4) is 0 Å². The van der Waals surface area contributed by atoms with Crippen LogP contribution in [0.25, 0.3) is 11.3 Å². The molecule has 19 heavy (non-hydrogen) atoms. The van der Waals surface area contributed by atoms with Gasteiger partial charge in [-0.05, 0) is 12.1 Å². The first-order valence-corrected chi connectivity index (χ1v) is 5.31. The third-order valence-corrected chi connectivity index (χ3v) is 2.29. The van der Waals surface area contributed by atoms with Crippen molar-refractivity contribution in [3.05, 3.63) is 42.2 Å². The van der Waals surface area contributed by atoms with E-state index in [2.05, 4.69) is 15.0 Å². The first-order valence-electron chi connectivity index (χ1n) is 5.31. The van der Waals surface area contributed by atoms with Crippen molar-refractivity contribution in [1.29, 1.82) is 0 Å². The van der Waals surface area contributed by atoms with Gasteiger partial charge >= 0.3 is 5.97 Å². The Morgan fingerprint density at radius 2 is 2.00 bits per heavy atom. The molecule has 0 bridgehead atoms. The molecular formula is C12H11N5O2. The van der Waals surface area contributed by atoms with E-state index in [1.54, 1.807) is 12.1 Å². The second-order valence-corrected chi connectivity index (χ2v) is 3.68. The SMILES string of the molecule is NC(N)=Nc1cnc(-c2cccc(C(=O)O)c2)cn1. The van der Waals surface area contributed by atoms with Crippen molar-refractivity contribution in [2.45, 2.75) is 0 Å². The molecule has 0 fully saturated rings. The van der Waals surface area contributed by atoms with Gasteiger partial charge < -0.3 is 16.6 Å². The van der Waals surface area contributed by atoms with E-state index in [-0.39, 0.29) is 17.3 Å². The molecule has 7 nitrogen and oxygen atoms in total. The zero-order valence-corrected chi connectivity index (χ0v) is 9.82. The van der Waals surface area contributed by atoms with Crippen LogP contribution in [0.2, 0.25) is 0 Å². The number of guanidine groups is 1. The lowest BCUT2D eigenvalue weighted by Crippen LogP contribution is -2.22. The Morgan fingerprint density at radius 3 is 2.58 bits per heavy atom. The maximum absolute atomic E-state index is 10.9. The fraction of sp³-hybridized carbons (Fsp3) is 0. The van der Waals surface area contributed by atoms with Crippen LogP contribution in [0, 0.1) is 0 Å². The van der Waals surface area contributed by atoms with Crippen LogP contribution in [0.5, 0.6) is 0 Å². The number of carboxylic acids is 1. The third kappa shape index (κ3) is 3.03. The summed E-state index contributed by atoms with van der Waals surface area (Å²) in [7, 11) is 0. The molecule has 1 aromatic heterocycles. The Kier molecular flexibility index (Phi) is 3.37. The number of carboxylic acid groups (broad SMARTS) is 1. The smallest absolute Gasteiger partial charge is 0.335 e. The molecule has 1 heterocycles. The molecular weight excluding hydrogens is 246 g/mol. The van der Waals surface area contributed by atoms with Gasteiger partial charge in [0, 0.05) is 5.56 Å². The molecule has 96 valence electrons. The van der Waals surface area contributed by atoms with Crippen LogP contribution in [0.4, 0.5) is 5.82 Å². The predicted molar refractivity (Wildman–Crippen MR) is 69.9 cm³/mol. The van der Waals surface area contributed by atoms with Crippen LogP contribution >= 0.6 is 0 Å². The Balaban J connectivity index is 2.34. The van der Waals surface area contributed by atoms with E-state index in [0.717, 1.165) is 0 Å². The van der Waals surface area contributed by atoms with Crippen molar-refractivity contribution in [3.8, 4) is 11.3 Å². The van der Waals surface area contributed by atoms with E-state index in [1.165, 1.54) is 24.5 Å². The molecule has 2 rings (SSSR count). The normalized spacial score (nSPS) is 9.89. The Bertz CT molecular complexity index is 633. The highest BCUT2D eigenvalue weighted by Crippen LogP contribution is 2.18.